The molecule has 1 N–H and O–H groups in total. The van der Waals surface area contributed by atoms with Crippen molar-refractivity contribution in [1.29, 1.82) is 0 Å². The van der Waals surface area contributed by atoms with Crippen LogP contribution < -0.4 is 5.32 Å². The van der Waals surface area contributed by atoms with Crippen LogP contribution in [0.15, 0.2) is 73.1 Å². The van der Waals surface area contributed by atoms with Crippen molar-refractivity contribution in [2.45, 2.75) is 18.9 Å². The van der Waals surface area contributed by atoms with E-state index in [0.717, 1.165) is 11.1 Å². The normalized spacial score (nSPS) is 11.9. The number of hydrogen-bond donors (Lipinski definition) is 1. The van der Waals surface area contributed by atoms with Gasteiger partial charge in [0.05, 0.1) is 7.05 Å². The molecule has 1 unspecified atom stereocenters. The Balaban J connectivity index is 1.49. The summed E-state index contributed by atoms with van der Waals surface area (Å²) < 4.78 is 2.08. The highest BCUT2D eigenvalue weighted by Crippen LogP contribution is 2.25. The molecule has 30 heavy (non-hydrogen) atoms. The Bertz CT molecular complexity index is 1120. The molecule has 2 aromatic heterocycles. The molecule has 152 valence electrons. The maximum absolute atomic E-state index is 12.8. The van der Waals surface area contributed by atoms with Gasteiger partial charge in [0.25, 0.3) is 0 Å². The Morgan fingerprint density at radius 3 is 2.57 bits per heavy atom. The summed E-state index contributed by atoms with van der Waals surface area (Å²) in [5, 5.41) is 15.8. The van der Waals surface area contributed by atoms with E-state index in [2.05, 4.69) is 25.3 Å². The van der Waals surface area contributed by atoms with Crippen LogP contribution in [0.1, 0.15) is 17.9 Å². The first-order valence-corrected chi connectivity index (χ1v) is 9.95. The monoisotopic (exact) mass is 420 g/mol. The highest BCUT2D eigenvalue weighted by atomic mass is 35.5. The maximum Gasteiger partial charge on any atom is 0.225 e. The number of nitrogens with zero attached hydrogens (tertiary/aromatic N) is 5. The number of aromatic nitrogens is 5. The van der Waals surface area contributed by atoms with Crippen molar-refractivity contribution in [2.75, 3.05) is 5.32 Å². The summed E-state index contributed by atoms with van der Waals surface area (Å²) in [6.45, 7) is 0.700. The third kappa shape index (κ3) is 4.93. The molecule has 4 aromatic rings. The van der Waals surface area contributed by atoms with Crippen molar-refractivity contribution in [2.24, 2.45) is 7.05 Å². The quantitative estimate of drug-likeness (QED) is 0.487. The van der Waals surface area contributed by atoms with E-state index >= 15 is 0 Å². The molecule has 0 aliphatic carbocycles. The molecule has 4 rings (SSSR count). The van der Waals surface area contributed by atoms with Crippen LogP contribution in [0.4, 0.5) is 5.69 Å². The Hall–Kier alpha value is -3.45. The van der Waals surface area contributed by atoms with Gasteiger partial charge in [-0.1, -0.05) is 35.9 Å². The number of hydrogen-bond acceptors (Lipinski definition) is 4. The molecule has 0 spiro atoms. The lowest BCUT2D eigenvalue weighted by Crippen LogP contribution is -2.18. The number of amides is 1. The minimum Gasteiger partial charge on any atom is -0.354 e. The molecule has 1 amide bonds. The second kappa shape index (κ2) is 8.92. The van der Waals surface area contributed by atoms with E-state index in [1.807, 2.05) is 73.1 Å². The maximum atomic E-state index is 12.8. The summed E-state index contributed by atoms with van der Waals surface area (Å²) in [5.41, 5.74) is 2.56. The fourth-order valence-corrected chi connectivity index (χ4v) is 3.47. The lowest BCUT2D eigenvalue weighted by Gasteiger charge is -2.18. The van der Waals surface area contributed by atoms with Crippen molar-refractivity contribution in [3.05, 3.63) is 83.6 Å². The van der Waals surface area contributed by atoms with Crippen LogP contribution in [0.3, 0.4) is 0 Å². The van der Waals surface area contributed by atoms with Gasteiger partial charge in [-0.25, -0.2) is 0 Å². The smallest absolute Gasteiger partial charge is 0.225 e. The number of nitrogens with one attached hydrogen (secondary N) is 1. The first-order valence-electron chi connectivity index (χ1n) is 9.57. The van der Waals surface area contributed by atoms with Gasteiger partial charge in [0.2, 0.25) is 11.7 Å². The van der Waals surface area contributed by atoms with Crippen molar-refractivity contribution in [1.82, 2.24) is 24.8 Å². The summed E-state index contributed by atoms with van der Waals surface area (Å²) in [4.78, 5) is 14.3. The molecule has 2 aromatic carbocycles. The summed E-state index contributed by atoms with van der Waals surface area (Å²) in [6.07, 6.45) is 4.34. The van der Waals surface area contributed by atoms with Crippen LogP contribution in [0.5, 0.6) is 0 Å². The first-order chi connectivity index (χ1) is 14.6. The molecule has 7 nitrogen and oxygen atoms in total. The highest BCUT2D eigenvalue weighted by Gasteiger charge is 2.17. The van der Waals surface area contributed by atoms with Gasteiger partial charge in [-0.15, -0.1) is 10.2 Å². The molecule has 1 atom stereocenters. The third-order valence-corrected chi connectivity index (χ3v) is 5.04. The molecule has 0 bridgehead atoms. The zero-order valence-electron chi connectivity index (χ0n) is 16.4. The van der Waals surface area contributed by atoms with Gasteiger partial charge < -0.3 is 9.88 Å². The van der Waals surface area contributed by atoms with E-state index in [1.165, 1.54) is 4.80 Å². The second-order valence-corrected chi connectivity index (χ2v) is 7.50. The zero-order chi connectivity index (χ0) is 20.9. The number of aryl methyl sites for hydroxylation is 1. The molecule has 0 aliphatic rings. The van der Waals surface area contributed by atoms with Crippen molar-refractivity contribution in [3.63, 3.8) is 0 Å². The molecule has 0 saturated carbocycles. The molecular weight excluding hydrogens is 400 g/mol. The van der Waals surface area contributed by atoms with Crippen molar-refractivity contribution >= 4 is 23.2 Å². The minimum absolute atomic E-state index is 0.0134. The largest absolute Gasteiger partial charge is 0.354 e. The molecular formula is C22H21ClN6O. The number of tetrazole rings is 1. The van der Waals surface area contributed by atoms with E-state index in [1.54, 1.807) is 7.05 Å². The predicted octanol–water partition coefficient (Wildman–Crippen LogP) is 4.14. The number of halogens is 1. The fraction of sp³-hybridized carbons (Fsp3) is 0.182. The van der Waals surface area contributed by atoms with E-state index in [9.17, 15) is 4.79 Å². The summed E-state index contributed by atoms with van der Waals surface area (Å²) in [7, 11) is 1.71. The minimum atomic E-state index is -0.0636. The Morgan fingerprint density at radius 1 is 1.10 bits per heavy atom. The Labute approximate surface area is 179 Å². The Kier molecular flexibility index (Phi) is 5.90. The fourth-order valence-electron chi connectivity index (χ4n) is 3.34. The standard InChI is InChI=1S/C22H21ClN6O/c1-28-26-22(25-27-28)17-5-4-6-20(13-17)24-21(30)14-18(15-29-11-2-3-12-29)16-7-9-19(23)10-8-16/h2-13,18H,14-15H2,1H3,(H,24,30). The van der Waals surface area contributed by atoms with Crippen LogP contribution in [0.2, 0.25) is 5.02 Å². The number of rotatable bonds is 7. The van der Waals surface area contributed by atoms with E-state index in [-0.39, 0.29) is 11.8 Å². The number of anilines is 1. The van der Waals surface area contributed by atoms with Crippen LogP contribution in [-0.4, -0.2) is 30.7 Å². The number of carbonyl (C=O) groups excluding carboxylic acids is 1. The van der Waals surface area contributed by atoms with Gasteiger partial charge in [0, 0.05) is 47.6 Å². The van der Waals surface area contributed by atoms with Gasteiger partial charge in [-0.05, 0) is 47.2 Å². The molecule has 2 heterocycles. The third-order valence-electron chi connectivity index (χ3n) is 4.78. The van der Waals surface area contributed by atoms with Crippen LogP contribution in [0.25, 0.3) is 11.4 Å². The molecule has 0 saturated heterocycles. The molecule has 8 heteroatoms. The number of carbonyl (C=O) groups is 1. The first kappa shape index (κ1) is 19.8. The van der Waals surface area contributed by atoms with Crippen molar-refractivity contribution in [3.8, 4) is 11.4 Å². The topological polar surface area (TPSA) is 77.6 Å². The van der Waals surface area contributed by atoms with Crippen LogP contribution in [-0.2, 0) is 18.4 Å². The Morgan fingerprint density at radius 2 is 1.87 bits per heavy atom. The zero-order valence-corrected chi connectivity index (χ0v) is 17.2. The molecule has 0 aliphatic heterocycles. The SMILES string of the molecule is Cn1nnc(-c2cccc(NC(=O)CC(Cn3cccc3)c3ccc(Cl)cc3)c2)n1. The van der Waals surface area contributed by atoms with Crippen LogP contribution in [0, 0.1) is 0 Å². The van der Waals surface area contributed by atoms with Crippen LogP contribution >= 0.6 is 11.6 Å². The summed E-state index contributed by atoms with van der Waals surface area (Å²) >= 11 is 6.04. The van der Waals surface area contributed by atoms with E-state index in [4.69, 9.17) is 11.6 Å². The van der Waals surface area contributed by atoms with Crippen molar-refractivity contribution < 1.29 is 4.79 Å². The highest BCUT2D eigenvalue weighted by molar-refractivity contribution is 6.30. The van der Waals surface area contributed by atoms with Gasteiger partial charge in [0.1, 0.15) is 0 Å². The molecule has 0 radical (unpaired) electrons. The van der Waals surface area contributed by atoms with Gasteiger partial charge in [-0.3, -0.25) is 4.79 Å². The van der Waals surface area contributed by atoms with Gasteiger partial charge in [-0.2, -0.15) is 4.80 Å². The van der Waals surface area contributed by atoms with E-state index in [0.29, 0.717) is 29.5 Å². The second-order valence-electron chi connectivity index (χ2n) is 7.06. The lowest BCUT2D eigenvalue weighted by molar-refractivity contribution is -0.116. The summed E-state index contributed by atoms with van der Waals surface area (Å²) in [5.74, 6) is 0.464. The number of benzene rings is 2. The van der Waals surface area contributed by atoms with Gasteiger partial charge >= 0.3 is 0 Å². The molecule has 0 fully saturated rings. The average Bonchev–Trinajstić information content (AvgIpc) is 3.40. The lowest BCUT2D eigenvalue weighted by atomic mass is 9.95. The predicted molar refractivity (Wildman–Crippen MR) is 116 cm³/mol. The van der Waals surface area contributed by atoms with Gasteiger partial charge in [0.15, 0.2) is 0 Å². The average molecular weight is 421 g/mol. The van der Waals surface area contributed by atoms with E-state index < -0.39 is 0 Å². The summed E-state index contributed by atoms with van der Waals surface area (Å²) in [6, 6.07) is 19.1.